The molecule has 6 aromatic rings. The Morgan fingerprint density at radius 2 is 0.927 bits per heavy atom. The average Bonchev–Trinajstić information content (AvgIpc) is 3.25. The molecule has 2 nitrogen and oxygen atoms in total. The fourth-order valence-corrected chi connectivity index (χ4v) is 6.10. The number of hydrogen-bond donors (Lipinski definition) is 1. The van der Waals surface area contributed by atoms with Crippen LogP contribution in [0.4, 0.5) is 28.4 Å². The van der Waals surface area contributed by atoms with Crippen molar-refractivity contribution in [2.45, 2.75) is 19.3 Å². The second-order valence-electron chi connectivity index (χ2n) is 11.2. The summed E-state index contributed by atoms with van der Waals surface area (Å²) >= 11 is 0. The molecule has 198 valence electrons. The van der Waals surface area contributed by atoms with Gasteiger partial charge < -0.3 is 10.2 Å². The third kappa shape index (κ3) is 4.58. The number of benzene rings is 6. The molecule has 2 heteroatoms. The maximum absolute atomic E-state index is 3.63. The van der Waals surface area contributed by atoms with E-state index < -0.39 is 0 Å². The van der Waals surface area contributed by atoms with Crippen LogP contribution in [0.3, 0.4) is 0 Å². The molecular formula is C39H32N2. The molecule has 0 fully saturated rings. The molecule has 0 saturated carbocycles. The summed E-state index contributed by atoms with van der Waals surface area (Å²) in [5.41, 5.74) is 13.5. The van der Waals surface area contributed by atoms with Crippen molar-refractivity contribution >= 4 is 28.4 Å². The third-order valence-electron chi connectivity index (χ3n) is 8.24. The van der Waals surface area contributed by atoms with Crippen molar-refractivity contribution in [1.29, 1.82) is 0 Å². The minimum absolute atomic E-state index is 0.00373. The number of rotatable bonds is 6. The molecule has 0 heterocycles. The number of hydrogen-bond acceptors (Lipinski definition) is 2. The SMILES string of the molecule is CC1(C)c2ccccc2-c2ccc(Nc3ccc(-c4ccc(N(c5ccccc5)c5ccccc5)cc4)cc3)cc21. The first-order valence-electron chi connectivity index (χ1n) is 14.2. The molecule has 0 saturated heterocycles. The van der Waals surface area contributed by atoms with Crippen LogP contribution in [0, 0.1) is 0 Å². The first-order chi connectivity index (χ1) is 20.1. The zero-order valence-corrected chi connectivity index (χ0v) is 23.4. The maximum atomic E-state index is 3.63. The molecule has 0 spiro atoms. The van der Waals surface area contributed by atoms with Gasteiger partial charge in [0, 0.05) is 33.9 Å². The molecule has 1 N–H and O–H groups in total. The molecule has 6 aromatic carbocycles. The van der Waals surface area contributed by atoms with Crippen LogP contribution in [-0.4, -0.2) is 0 Å². The third-order valence-corrected chi connectivity index (χ3v) is 8.24. The highest BCUT2D eigenvalue weighted by Crippen LogP contribution is 2.49. The molecule has 0 unspecified atom stereocenters. The van der Waals surface area contributed by atoms with Gasteiger partial charge in [0.25, 0.3) is 0 Å². The zero-order chi connectivity index (χ0) is 27.8. The van der Waals surface area contributed by atoms with Crippen molar-refractivity contribution in [2.75, 3.05) is 10.2 Å². The van der Waals surface area contributed by atoms with Gasteiger partial charge in [0.05, 0.1) is 0 Å². The van der Waals surface area contributed by atoms with Crippen molar-refractivity contribution in [1.82, 2.24) is 0 Å². The topological polar surface area (TPSA) is 15.3 Å². The second-order valence-corrected chi connectivity index (χ2v) is 11.2. The molecule has 0 aromatic heterocycles. The van der Waals surface area contributed by atoms with Crippen LogP contribution < -0.4 is 10.2 Å². The van der Waals surface area contributed by atoms with Gasteiger partial charge in [-0.2, -0.15) is 0 Å². The molecular weight excluding hydrogens is 496 g/mol. The molecule has 0 radical (unpaired) electrons. The van der Waals surface area contributed by atoms with Gasteiger partial charge in [-0.25, -0.2) is 0 Å². The first-order valence-corrected chi connectivity index (χ1v) is 14.2. The van der Waals surface area contributed by atoms with Gasteiger partial charge in [0.1, 0.15) is 0 Å². The van der Waals surface area contributed by atoms with Crippen LogP contribution in [0.5, 0.6) is 0 Å². The Balaban J connectivity index is 1.11. The predicted molar refractivity (Wildman–Crippen MR) is 174 cm³/mol. The average molecular weight is 529 g/mol. The van der Waals surface area contributed by atoms with E-state index in [0.717, 1.165) is 28.4 Å². The van der Waals surface area contributed by atoms with Crippen LogP contribution in [0.25, 0.3) is 22.3 Å². The van der Waals surface area contributed by atoms with Crippen LogP contribution in [0.15, 0.2) is 152 Å². The zero-order valence-electron chi connectivity index (χ0n) is 23.4. The highest BCUT2D eigenvalue weighted by Gasteiger charge is 2.35. The Bertz CT molecular complexity index is 1760. The smallest absolute Gasteiger partial charge is 0.0462 e. The molecule has 7 rings (SSSR count). The van der Waals surface area contributed by atoms with Crippen molar-refractivity contribution < 1.29 is 0 Å². The molecule has 1 aliphatic rings. The normalized spacial score (nSPS) is 12.8. The van der Waals surface area contributed by atoms with E-state index >= 15 is 0 Å². The van der Waals surface area contributed by atoms with E-state index in [2.05, 4.69) is 176 Å². The molecule has 1 aliphatic carbocycles. The monoisotopic (exact) mass is 528 g/mol. The Labute approximate surface area is 242 Å². The van der Waals surface area contributed by atoms with E-state index in [1.54, 1.807) is 0 Å². The van der Waals surface area contributed by atoms with E-state index in [4.69, 9.17) is 0 Å². The van der Waals surface area contributed by atoms with Gasteiger partial charge in [-0.05, 0) is 94.0 Å². The summed E-state index contributed by atoms with van der Waals surface area (Å²) in [6, 6.07) is 54.1. The van der Waals surface area contributed by atoms with E-state index in [-0.39, 0.29) is 5.41 Å². The van der Waals surface area contributed by atoms with Gasteiger partial charge in [0.2, 0.25) is 0 Å². The molecule has 0 amide bonds. The summed E-state index contributed by atoms with van der Waals surface area (Å²) in [5.74, 6) is 0. The fraction of sp³-hybridized carbons (Fsp3) is 0.0769. The Morgan fingerprint density at radius 1 is 0.439 bits per heavy atom. The van der Waals surface area contributed by atoms with E-state index in [0.29, 0.717) is 0 Å². The first kappa shape index (κ1) is 24.9. The van der Waals surface area contributed by atoms with Crippen LogP contribution >= 0.6 is 0 Å². The Hall–Kier alpha value is -5.08. The maximum Gasteiger partial charge on any atom is 0.0462 e. The Morgan fingerprint density at radius 3 is 1.56 bits per heavy atom. The summed E-state index contributed by atoms with van der Waals surface area (Å²) in [4.78, 5) is 2.28. The second kappa shape index (κ2) is 10.1. The number of para-hydroxylation sites is 2. The van der Waals surface area contributed by atoms with Gasteiger partial charge in [-0.3, -0.25) is 0 Å². The summed E-state index contributed by atoms with van der Waals surface area (Å²) in [5, 5.41) is 3.63. The van der Waals surface area contributed by atoms with Crippen LogP contribution in [-0.2, 0) is 5.41 Å². The van der Waals surface area contributed by atoms with E-state index in [1.807, 2.05) is 0 Å². The van der Waals surface area contributed by atoms with Gasteiger partial charge in [-0.15, -0.1) is 0 Å². The van der Waals surface area contributed by atoms with Gasteiger partial charge in [0.15, 0.2) is 0 Å². The lowest BCUT2D eigenvalue weighted by molar-refractivity contribution is 0.660. The highest BCUT2D eigenvalue weighted by molar-refractivity contribution is 5.83. The molecule has 0 atom stereocenters. The van der Waals surface area contributed by atoms with Crippen molar-refractivity contribution in [3.63, 3.8) is 0 Å². The van der Waals surface area contributed by atoms with Crippen molar-refractivity contribution in [2.24, 2.45) is 0 Å². The number of anilines is 5. The summed E-state index contributed by atoms with van der Waals surface area (Å²) in [6.07, 6.45) is 0. The summed E-state index contributed by atoms with van der Waals surface area (Å²) in [7, 11) is 0. The lowest BCUT2D eigenvalue weighted by atomic mass is 9.82. The largest absolute Gasteiger partial charge is 0.356 e. The quantitative estimate of drug-likeness (QED) is 0.231. The Kier molecular flexibility index (Phi) is 6.17. The van der Waals surface area contributed by atoms with E-state index in [9.17, 15) is 0 Å². The lowest BCUT2D eigenvalue weighted by Crippen LogP contribution is -2.15. The number of nitrogens with zero attached hydrogens (tertiary/aromatic N) is 1. The summed E-state index contributed by atoms with van der Waals surface area (Å²) in [6.45, 7) is 4.64. The predicted octanol–water partition coefficient (Wildman–Crippen LogP) is 10.9. The highest BCUT2D eigenvalue weighted by atomic mass is 15.1. The van der Waals surface area contributed by atoms with Crippen molar-refractivity contribution in [3.8, 4) is 22.3 Å². The minimum Gasteiger partial charge on any atom is -0.356 e. The standard InChI is InChI=1S/C39H32N2/c1-39(2)37-16-10-9-15-35(37)36-26-23-31(27-38(36)39)40-30-21-17-28(18-22-30)29-19-24-34(25-20-29)41(32-11-5-3-6-12-32)33-13-7-4-8-14-33/h3-27,40H,1-2H3. The molecule has 41 heavy (non-hydrogen) atoms. The van der Waals surface area contributed by atoms with Crippen LogP contribution in [0.2, 0.25) is 0 Å². The van der Waals surface area contributed by atoms with Gasteiger partial charge in [-0.1, -0.05) is 105 Å². The van der Waals surface area contributed by atoms with Crippen molar-refractivity contribution in [3.05, 3.63) is 163 Å². The van der Waals surface area contributed by atoms with E-state index in [1.165, 1.54) is 33.4 Å². The number of fused-ring (bicyclic) bond motifs is 3. The molecule has 0 bridgehead atoms. The minimum atomic E-state index is -0.00373. The number of nitrogens with one attached hydrogen (secondary N) is 1. The molecule has 0 aliphatic heterocycles. The van der Waals surface area contributed by atoms with Crippen LogP contribution in [0.1, 0.15) is 25.0 Å². The lowest BCUT2D eigenvalue weighted by Gasteiger charge is -2.25. The summed E-state index contributed by atoms with van der Waals surface area (Å²) < 4.78 is 0. The fourth-order valence-electron chi connectivity index (χ4n) is 6.10. The van der Waals surface area contributed by atoms with Gasteiger partial charge >= 0.3 is 0 Å².